The summed E-state index contributed by atoms with van der Waals surface area (Å²) >= 11 is 0. The van der Waals surface area contributed by atoms with Gasteiger partial charge in [-0.3, -0.25) is 9.59 Å². The highest BCUT2D eigenvalue weighted by Crippen LogP contribution is 2.39. The maximum atomic E-state index is 12.2. The summed E-state index contributed by atoms with van der Waals surface area (Å²) in [5.74, 6) is -0.489. The van der Waals surface area contributed by atoms with Crippen LogP contribution in [0.2, 0.25) is 0 Å². The van der Waals surface area contributed by atoms with Gasteiger partial charge in [0.05, 0.1) is 11.8 Å². The molecular weight excluding hydrogens is 280 g/mol. The fourth-order valence-corrected chi connectivity index (χ4v) is 2.51. The highest BCUT2D eigenvalue weighted by Gasteiger charge is 2.47. The maximum absolute atomic E-state index is 12.2. The lowest BCUT2D eigenvalue weighted by Gasteiger charge is -2.09. The molecule has 1 aromatic rings. The van der Waals surface area contributed by atoms with Gasteiger partial charge < -0.3 is 15.4 Å². The van der Waals surface area contributed by atoms with Gasteiger partial charge >= 0.3 is 0 Å². The summed E-state index contributed by atoms with van der Waals surface area (Å²) in [6.45, 7) is 5.20. The first-order valence-electron chi connectivity index (χ1n) is 7.67. The fraction of sp³-hybridized carbons (Fsp3) is 0.529. The molecule has 120 valence electrons. The topological polar surface area (TPSA) is 67.4 Å². The van der Waals surface area contributed by atoms with Crippen LogP contribution < -0.4 is 10.6 Å². The summed E-state index contributed by atoms with van der Waals surface area (Å²) in [5, 5.41) is 5.77. The van der Waals surface area contributed by atoms with E-state index >= 15 is 0 Å². The number of hydrogen-bond acceptors (Lipinski definition) is 3. The highest BCUT2D eigenvalue weighted by molar-refractivity contribution is 5.99. The Bertz CT molecular complexity index is 557. The van der Waals surface area contributed by atoms with E-state index in [1.807, 2.05) is 32.0 Å². The van der Waals surface area contributed by atoms with Crippen molar-refractivity contribution in [3.8, 4) is 0 Å². The Hall–Kier alpha value is -1.88. The Morgan fingerprint density at radius 2 is 1.95 bits per heavy atom. The minimum absolute atomic E-state index is 0.0307. The van der Waals surface area contributed by atoms with Gasteiger partial charge in [0.1, 0.15) is 0 Å². The Kier molecular flexibility index (Phi) is 5.55. The third-order valence-electron chi connectivity index (χ3n) is 3.93. The van der Waals surface area contributed by atoms with E-state index in [1.165, 1.54) is 0 Å². The van der Waals surface area contributed by atoms with Crippen LogP contribution in [0, 0.1) is 25.7 Å². The van der Waals surface area contributed by atoms with Gasteiger partial charge in [-0.15, -0.1) is 0 Å². The number of ether oxygens (including phenoxy) is 1. The molecule has 0 aromatic heterocycles. The SMILES string of the molecule is COCCCNC(=O)C1CC1C(=O)Nc1ccc(C)cc1C. The number of benzene rings is 1. The third-order valence-corrected chi connectivity index (χ3v) is 3.93. The minimum atomic E-state index is -0.205. The lowest BCUT2D eigenvalue weighted by Crippen LogP contribution is -2.28. The van der Waals surface area contributed by atoms with E-state index in [-0.39, 0.29) is 23.7 Å². The number of methoxy groups -OCH3 is 1. The van der Waals surface area contributed by atoms with Crippen LogP contribution in [0.1, 0.15) is 24.0 Å². The molecule has 2 N–H and O–H groups in total. The summed E-state index contributed by atoms with van der Waals surface area (Å²) in [6, 6.07) is 5.91. The largest absolute Gasteiger partial charge is 0.385 e. The molecule has 0 heterocycles. The van der Waals surface area contributed by atoms with E-state index < -0.39 is 0 Å². The van der Waals surface area contributed by atoms with Gasteiger partial charge in [0.25, 0.3) is 0 Å². The molecular formula is C17H24N2O3. The lowest BCUT2D eigenvalue weighted by atomic mass is 10.1. The standard InChI is InChI=1S/C17H24N2O3/c1-11-5-6-15(12(2)9-11)19-17(21)14-10-13(14)16(20)18-7-4-8-22-3/h5-6,9,13-14H,4,7-8,10H2,1-3H3,(H,18,20)(H,19,21). The predicted molar refractivity (Wildman–Crippen MR) is 85.6 cm³/mol. The van der Waals surface area contributed by atoms with Crippen LogP contribution in [0.5, 0.6) is 0 Å². The van der Waals surface area contributed by atoms with Gasteiger partial charge in [0, 0.05) is 25.9 Å². The average Bonchev–Trinajstić information content (AvgIpc) is 3.27. The van der Waals surface area contributed by atoms with Crippen molar-refractivity contribution in [1.82, 2.24) is 5.32 Å². The Balaban J connectivity index is 1.79. The summed E-state index contributed by atoms with van der Waals surface area (Å²) in [7, 11) is 1.64. The second kappa shape index (κ2) is 7.40. The Morgan fingerprint density at radius 3 is 2.64 bits per heavy atom. The summed E-state index contributed by atoms with van der Waals surface area (Å²) in [4.78, 5) is 24.1. The first-order chi connectivity index (χ1) is 10.5. The molecule has 1 fully saturated rings. The van der Waals surface area contributed by atoms with Crippen LogP contribution in [0.25, 0.3) is 0 Å². The van der Waals surface area contributed by atoms with Crippen LogP contribution in [-0.4, -0.2) is 32.1 Å². The minimum Gasteiger partial charge on any atom is -0.385 e. The smallest absolute Gasteiger partial charge is 0.228 e. The number of carbonyl (C=O) groups excluding carboxylic acids is 2. The van der Waals surface area contributed by atoms with E-state index in [4.69, 9.17) is 4.74 Å². The quantitative estimate of drug-likeness (QED) is 0.757. The zero-order valence-electron chi connectivity index (χ0n) is 13.4. The molecule has 22 heavy (non-hydrogen) atoms. The molecule has 0 aliphatic heterocycles. The van der Waals surface area contributed by atoms with Gasteiger partial charge in [-0.2, -0.15) is 0 Å². The van der Waals surface area contributed by atoms with Gasteiger partial charge in [0.2, 0.25) is 11.8 Å². The molecule has 5 heteroatoms. The highest BCUT2D eigenvalue weighted by atomic mass is 16.5. The van der Waals surface area contributed by atoms with E-state index in [2.05, 4.69) is 10.6 Å². The van der Waals surface area contributed by atoms with Crippen LogP contribution in [0.15, 0.2) is 18.2 Å². The molecule has 1 aromatic carbocycles. The van der Waals surface area contributed by atoms with Crippen molar-refractivity contribution in [2.45, 2.75) is 26.7 Å². The molecule has 2 rings (SSSR count). The van der Waals surface area contributed by atoms with E-state index in [0.717, 1.165) is 23.2 Å². The lowest BCUT2D eigenvalue weighted by molar-refractivity contribution is -0.125. The average molecular weight is 304 g/mol. The van der Waals surface area contributed by atoms with E-state index in [0.29, 0.717) is 19.6 Å². The maximum Gasteiger partial charge on any atom is 0.228 e. The first kappa shape index (κ1) is 16.5. The molecule has 2 unspecified atom stereocenters. The number of nitrogens with one attached hydrogen (secondary N) is 2. The molecule has 0 radical (unpaired) electrons. The number of anilines is 1. The zero-order chi connectivity index (χ0) is 16.1. The number of carbonyl (C=O) groups is 2. The first-order valence-corrected chi connectivity index (χ1v) is 7.67. The summed E-state index contributed by atoms with van der Waals surface area (Å²) < 4.78 is 4.93. The Morgan fingerprint density at radius 1 is 1.23 bits per heavy atom. The number of rotatable bonds is 7. The molecule has 0 bridgehead atoms. The van der Waals surface area contributed by atoms with Crippen molar-refractivity contribution >= 4 is 17.5 Å². The molecule has 0 saturated heterocycles. The zero-order valence-corrected chi connectivity index (χ0v) is 13.4. The van der Waals surface area contributed by atoms with Crippen molar-refractivity contribution in [2.75, 3.05) is 25.6 Å². The number of hydrogen-bond donors (Lipinski definition) is 2. The molecule has 1 aliphatic carbocycles. The third kappa shape index (κ3) is 4.31. The normalized spacial score (nSPS) is 19.6. The van der Waals surface area contributed by atoms with Crippen LogP contribution in [0.4, 0.5) is 5.69 Å². The van der Waals surface area contributed by atoms with Gasteiger partial charge in [-0.1, -0.05) is 17.7 Å². The van der Waals surface area contributed by atoms with Crippen molar-refractivity contribution in [2.24, 2.45) is 11.8 Å². The van der Waals surface area contributed by atoms with E-state index in [9.17, 15) is 9.59 Å². The van der Waals surface area contributed by atoms with Crippen molar-refractivity contribution in [1.29, 1.82) is 0 Å². The second-order valence-corrected chi connectivity index (χ2v) is 5.89. The monoisotopic (exact) mass is 304 g/mol. The number of aryl methyl sites for hydroxylation is 2. The van der Waals surface area contributed by atoms with Crippen LogP contribution in [0.3, 0.4) is 0 Å². The molecule has 0 spiro atoms. The molecule has 1 saturated carbocycles. The molecule has 2 atom stereocenters. The predicted octanol–water partition coefficient (Wildman–Crippen LogP) is 2.03. The fourth-order valence-electron chi connectivity index (χ4n) is 2.51. The Labute approximate surface area is 131 Å². The second-order valence-electron chi connectivity index (χ2n) is 5.89. The van der Waals surface area contributed by atoms with Gasteiger partial charge in [-0.05, 0) is 38.3 Å². The van der Waals surface area contributed by atoms with Gasteiger partial charge in [0.15, 0.2) is 0 Å². The number of amides is 2. The summed E-state index contributed by atoms with van der Waals surface area (Å²) in [6.07, 6.45) is 1.42. The molecule has 5 nitrogen and oxygen atoms in total. The molecule has 1 aliphatic rings. The van der Waals surface area contributed by atoms with Crippen LogP contribution in [-0.2, 0) is 14.3 Å². The van der Waals surface area contributed by atoms with Crippen molar-refractivity contribution in [3.05, 3.63) is 29.3 Å². The van der Waals surface area contributed by atoms with Crippen molar-refractivity contribution < 1.29 is 14.3 Å². The molecule has 2 amide bonds. The van der Waals surface area contributed by atoms with Crippen molar-refractivity contribution in [3.63, 3.8) is 0 Å². The van der Waals surface area contributed by atoms with E-state index in [1.54, 1.807) is 7.11 Å². The van der Waals surface area contributed by atoms with Gasteiger partial charge in [-0.25, -0.2) is 0 Å². The van der Waals surface area contributed by atoms with Crippen LogP contribution >= 0.6 is 0 Å². The summed E-state index contributed by atoms with van der Waals surface area (Å²) in [5.41, 5.74) is 3.02.